The van der Waals surface area contributed by atoms with E-state index in [0.717, 1.165) is 12.3 Å². The van der Waals surface area contributed by atoms with Gasteiger partial charge >= 0.3 is 0 Å². The Kier molecular flexibility index (Phi) is 3.27. The number of allylic oxidation sites excluding steroid dienone is 1. The zero-order valence-corrected chi connectivity index (χ0v) is 14.2. The third-order valence-electron chi connectivity index (χ3n) is 8.03. The van der Waals surface area contributed by atoms with E-state index in [0.29, 0.717) is 23.7 Å². The molecule has 1 unspecified atom stereocenters. The molecule has 0 N–H and O–H groups in total. The Morgan fingerprint density at radius 3 is 2.70 bits per heavy atom. The Labute approximate surface area is 137 Å². The first-order valence-corrected chi connectivity index (χ1v) is 9.23. The second-order valence-electron chi connectivity index (χ2n) is 9.00. The standard InChI is InChI=1S/C19H27NO3/c1-18-8-3-4-14(18)13-6-5-12-10-17(21)16(20(22)23)11-19(12,2)15(13)7-9-18/h10,13-16H,3-9,11H2,1-2H3/t13-,14-,15-,16?,18-,19-/m0/s1. The molecule has 4 aliphatic carbocycles. The van der Waals surface area contributed by atoms with E-state index in [1.54, 1.807) is 6.08 Å². The zero-order chi connectivity index (χ0) is 16.4. The van der Waals surface area contributed by atoms with Crippen LogP contribution in [0.5, 0.6) is 0 Å². The van der Waals surface area contributed by atoms with Gasteiger partial charge in [0, 0.05) is 11.3 Å². The highest BCUT2D eigenvalue weighted by Crippen LogP contribution is 2.65. The van der Waals surface area contributed by atoms with E-state index < -0.39 is 6.04 Å². The monoisotopic (exact) mass is 317 g/mol. The van der Waals surface area contributed by atoms with Crippen molar-refractivity contribution in [2.24, 2.45) is 28.6 Å². The van der Waals surface area contributed by atoms with Crippen LogP contribution in [0.1, 0.15) is 65.2 Å². The summed E-state index contributed by atoms with van der Waals surface area (Å²) in [4.78, 5) is 23.1. The lowest BCUT2D eigenvalue weighted by atomic mass is 9.47. The van der Waals surface area contributed by atoms with Crippen molar-refractivity contribution in [2.75, 3.05) is 0 Å². The third kappa shape index (κ3) is 2.06. The summed E-state index contributed by atoms with van der Waals surface area (Å²) in [6.45, 7) is 4.69. The van der Waals surface area contributed by atoms with Gasteiger partial charge in [-0.05, 0) is 73.2 Å². The molecule has 6 atom stereocenters. The van der Waals surface area contributed by atoms with Gasteiger partial charge in [0.2, 0.25) is 5.78 Å². The molecule has 0 heterocycles. The van der Waals surface area contributed by atoms with Gasteiger partial charge in [-0.25, -0.2) is 0 Å². The van der Waals surface area contributed by atoms with Crippen molar-refractivity contribution in [3.63, 3.8) is 0 Å². The van der Waals surface area contributed by atoms with Crippen LogP contribution in [0.4, 0.5) is 0 Å². The van der Waals surface area contributed by atoms with Crippen molar-refractivity contribution in [2.45, 2.75) is 71.3 Å². The molecule has 3 saturated carbocycles. The minimum absolute atomic E-state index is 0.127. The quantitative estimate of drug-likeness (QED) is 0.539. The van der Waals surface area contributed by atoms with Gasteiger partial charge in [-0.1, -0.05) is 25.8 Å². The molecule has 0 radical (unpaired) electrons. The van der Waals surface area contributed by atoms with Crippen molar-refractivity contribution in [3.8, 4) is 0 Å². The Balaban J connectivity index is 1.70. The largest absolute Gasteiger partial charge is 0.287 e. The van der Waals surface area contributed by atoms with Crippen LogP contribution in [0.3, 0.4) is 0 Å². The minimum atomic E-state index is -1.01. The summed E-state index contributed by atoms with van der Waals surface area (Å²) in [6.07, 6.45) is 10.7. The number of ketones is 1. The maximum atomic E-state index is 12.1. The molecule has 4 heteroatoms. The summed E-state index contributed by atoms with van der Waals surface area (Å²) in [7, 11) is 0. The van der Waals surface area contributed by atoms with E-state index >= 15 is 0 Å². The Morgan fingerprint density at radius 2 is 1.96 bits per heavy atom. The fraction of sp³-hybridized carbons (Fsp3) is 0.842. The molecule has 4 aliphatic rings. The van der Waals surface area contributed by atoms with Crippen LogP contribution in [-0.4, -0.2) is 16.7 Å². The van der Waals surface area contributed by atoms with Gasteiger partial charge in [0.15, 0.2) is 0 Å². The highest BCUT2D eigenvalue weighted by molar-refractivity contribution is 5.95. The van der Waals surface area contributed by atoms with Crippen molar-refractivity contribution in [3.05, 3.63) is 21.8 Å². The maximum absolute atomic E-state index is 12.1. The lowest BCUT2D eigenvalue weighted by Gasteiger charge is -2.57. The number of hydrogen-bond acceptors (Lipinski definition) is 3. The summed E-state index contributed by atoms with van der Waals surface area (Å²) >= 11 is 0. The Morgan fingerprint density at radius 1 is 1.17 bits per heavy atom. The van der Waals surface area contributed by atoms with E-state index in [9.17, 15) is 14.9 Å². The molecule has 0 aromatic rings. The van der Waals surface area contributed by atoms with Gasteiger partial charge in [-0.2, -0.15) is 0 Å². The van der Waals surface area contributed by atoms with Crippen LogP contribution in [0, 0.1) is 38.7 Å². The molecule has 0 bridgehead atoms. The van der Waals surface area contributed by atoms with Crippen molar-refractivity contribution < 1.29 is 9.72 Å². The molecule has 3 fully saturated rings. The summed E-state index contributed by atoms with van der Waals surface area (Å²) in [5.41, 5.74) is 1.59. The number of nitro groups is 1. The van der Waals surface area contributed by atoms with Crippen molar-refractivity contribution in [1.82, 2.24) is 0 Å². The molecule has 0 amide bonds. The average Bonchev–Trinajstić information content (AvgIpc) is 2.89. The first kappa shape index (κ1) is 15.3. The molecular formula is C19H27NO3. The second-order valence-corrected chi connectivity index (χ2v) is 9.00. The molecule has 0 aromatic carbocycles. The van der Waals surface area contributed by atoms with Crippen LogP contribution >= 0.6 is 0 Å². The zero-order valence-electron chi connectivity index (χ0n) is 14.2. The second kappa shape index (κ2) is 4.90. The average molecular weight is 317 g/mol. The van der Waals surface area contributed by atoms with Crippen LogP contribution in [0.2, 0.25) is 0 Å². The van der Waals surface area contributed by atoms with Gasteiger partial charge in [0.1, 0.15) is 0 Å². The van der Waals surface area contributed by atoms with E-state index in [1.165, 1.54) is 44.1 Å². The fourth-order valence-corrected chi connectivity index (χ4v) is 6.79. The number of carbonyl (C=O) groups excluding carboxylic acids is 1. The SMILES string of the molecule is C[C@@]12CCC[C@H]1[C@@H]1CCC3=CC(=O)C([N+](=O)[O-])C[C@]3(C)[C@H]1CC2. The molecule has 4 rings (SSSR count). The van der Waals surface area contributed by atoms with Crippen molar-refractivity contribution in [1.29, 1.82) is 0 Å². The van der Waals surface area contributed by atoms with Crippen molar-refractivity contribution >= 4 is 5.78 Å². The molecule has 4 nitrogen and oxygen atoms in total. The number of carbonyl (C=O) groups is 1. The molecular weight excluding hydrogens is 290 g/mol. The number of rotatable bonds is 1. The van der Waals surface area contributed by atoms with Crippen LogP contribution < -0.4 is 0 Å². The van der Waals surface area contributed by atoms with E-state index in [2.05, 4.69) is 13.8 Å². The molecule has 0 saturated heterocycles. The summed E-state index contributed by atoms with van der Waals surface area (Å²) in [5.74, 6) is 1.77. The summed E-state index contributed by atoms with van der Waals surface area (Å²) in [6, 6.07) is -1.01. The number of hydrogen-bond donors (Lipinski definition) is 0. The first-order valence-electron chi connectivity index (χ1n) is 9.23. The van der Waals surface area contributed by atoms with E-state index in [-0.39, 0.29) is 16.1 Å². The summed E-state index contributed by atoms with van der Waals surface area (Å²) < 4.78 is 0. The van der Waals surface area contributed by atoms with Gasteiger partial charge in [0.25, 0.3) is 6.04 Å². The molecule has 126 valence electrons. The van der Waals surface area contributed by atoms with Gasteiger partial charge < -0.3 is 0 Å². The Bertz CT molecular complexity index is 597. The third-order valence-corrected chi connectivity index (χ3v) is 8.03. The topological polar surface area (TPSA) is 60.2 Å². The predicted molar refractivity (Wildman–Crippen MR) is 87.5 cm³/mol. The predicted octanol–water partition coefficient (Wildman–Crippen LogP) is 4.16. The first-order chi connectivity index (χ1) is 10.8. The smallest absolute Gasteiger partial charge is 0.275 e. The van der Waals surface area contributed by atoms with Gasteiger partial charge in [-0.15, -0.1) is 0 Å². The molecule has 0 spiro atoms. The number of fused-ring (bicyclic) bond motifs is 5. The van der Waals surface area contributed by atoms with Gasteiger partial charge in [-0.3, -0.25) is 14.9 Å². The highest BCUT2D eigenvalue weighted by atomic mass is 16.6. The van der Waals surface area contributed by atoms with E-state index in [4.69, 9.17) is 0 Å². The lowest BCUT2D eigenvalue weighted by Crippen LogP contribution is -2.52. The highest BCUT2D eigenvalue weighted by Gasteiger charge is 2.58. The lowest BCUT2D eigenvalue weighted by molar-refractivity contribution is -0.511. The maximum Gasteiger partial charge on any atom is 0.275 e. The molecule has 0 aromatic heterocycles. The minimum Gasteiger partial charge on any atom is -0.287 e. The molecule has 23 heavy (non-hydrogen) atoms. The fourth-order valence-electron chi connectivity index (χ4n) is 6.79. The Hall–Kier alpha value is -1.19. The molecule has 0 aliphatic heterocycles. The van der Waals surface area contributed by atoms with Crippen LogP contribution in [0.25, 0.3) is 0 Å². The van der Waals surface area contributed by atoms with Gasteiger partial charge in [0.05, 0.1) is 0 Å². The summed E-state index contributed by atoms with van der Waals surface area (Å²) in [5, 5.41) is 11.3. The van der Waals surface area contributed by atoms with E-state index in [1.807, 2.05) is 0 Å². The normalized spacial score (nSPS) is 49.0. The van der Waals surface area contributed by atoms with Crippen LogP contribution in [-0.2, 0) is 4.79 Å². The number of nitrogens with zero attached hydrogens (tertiary/aromatic N) is 1. The van der Waals surface area contributed by atoms with Crippen LogP contribution in [0.15, 0.2) is 11.6 Å².